The van der Waals surface area contributed by atoms with Crippen molar-refractivity contribution in [1.82, 2.24) is 0 Å². The Kier molecular flexibility index (Phi) is 4.05. The van der Waals surface area contributed by atoms with Crippen molar-refractivity contribution < 1.29 is 9.31 Å². The van der Waals surface area contributed by atoms with Crippen LogP contribution in [0.15, 0.2) is 18.2 Å². The topological polar surface area (TPSA) is 18.5 Å². The number of hydrogen-bond donors (Lipinski definition) is 0. The van der Waals surface area contributed by atoms with Gasteiger partial charge in [-0.1, -0.05) is 37.6 Å². The molecule has 1 saturated heterocycles. The highest BCUT2D eigenvalue weighted by molar-refractivity contribution is 6.62. The van der Waals surface area contributed by atoms with Crippen LogP contribution in [-0.4, -0.2) is 18.3 Å². The Bertz CT molecular complexity index is 476. The van der Waals surface area contributed by atoms with Crippen molar-refractivity contribution in [3.05, 3.63) is 29.3 Å². The van der Waals surface area contributed by atoms with E-state index in [0.29, 0.717) is 5.92 Å². The second-order valence-corrected chi connectivity index (χ2v) is 7.38. The summed E-state index contributed by atoms with van der Waals surface area (Å²) in [6, 6.07) is 6.63. The van der Waals surface area contributed by atoms with Crippen molar-refractivity contribution in [3.8, 4) is 0 Å². The zero-order valence-electron chi connectivity index (χ0n) is 13.9. The summed E-state index contributed by atoms with van der Waals surface area (Å²) >= 11 is 0. The molecule has 2 rings (SSSR count). The Hall–Kier alpha value is -0.795. The van der Waals surface area contributed by atoms with E-state index in [1.54, 1.807) is 0 Å². The highest BCUT2D eigenvalue weighted by Crippen LogP contribution is 2.36. The largest absolute Gasteiger partial charge is 0.495 e. The van der Waals surface area contributed by atoms with Crippen LogP contribution < -0.4 is 5.46 Å². The van der Waals surface area contributed by atoms with E-state index in [2.05, 4.69) is 66.7 Å². The first-order chi connectivity index (χ1) is 9.12. The predicted molar refractivity (Wildman–Crippen MR) is 85.4 cm³/mol. The fraction of sp³-hybridized carbons (Fsp3) is 0.647. The van der Waals surface area contributed by atoms with Crippen molar-refractivity contribution >= 4 is 12.6 Å². The van der Waals surface area contributed by atoms with Gasteiger partial charge < -0.3 is 9.31 Å². The van der Waals surface area contributed by atoms with Crippen LogP contribution in [0.4, 0.5) is 0 Å². The SMILES string of the molecule is Cc1cc(CC(C)C)ccc1B1OC(C)(C)C(C)(C)O1. The zero-order chi connectivity index (χ0) is 15.1. The van der Waals surface area contributed by atoms with Gasteiger partial charge in [-0.25, -0.2) is 0 Å². The fourth-order valence-electron chi connectivity index (χ4n) is 2.57. The maximum absolute atomic E-state index is 6.13. The highest BCUT2D eigenvalue weighted by atomic mass is 16.7. The number of rotatable bonds is 3. The predicted octanol–water partition coefficient (Wildman–Crippen LogP) is 3.49. The minimum atomic E-state index is -0.277. The van der Waals surface area contributed by atoms with Gasteiger partial charge in [0.2, 0.25) is 0 Å². The van der Waals surface area contributed by atoms with E-state index < -0.39 is 0 Å². The Morgan fingerprint density at radius 1 is 1.05 bits per heavy atom. The third kappa shape index (κ3) is 2.94. The smallest absolute Gasteiger partial charge is 0.399 e. The van der Waals surface area contributed by atoms with Crippen LogP contribution in [0.2, 0.25) is 0 Å². The summed E-state index contributed by atoms with van der Waals surface area (Å²) in [5.74, 6) is 0.678. The van der Waals surface area contributed by atoms with Crippen molar-refractivity contribution in [2.24, 2.45) is 5.92 Å². The monoisotopic (exact) mass is 274 g/mol. The van der Waals surface area contributed by atoms with Gasteiger partial charge in [-0.15, -0.1) is 0 Å². The molecular formula is C17H27BO2. The van der Waals surface area contributed by atoms with E-state index in [-0.39, 0.29) is 18.3 Å². The first kappa shape index (κ1) is 15.6. The van der Waals surface area contributed by atoms with Gasteiger partial charge in [-0.2, -0.15) is 0 Å². The molecule has 1 aromatic carbocycles. The lowest BCUT2D eigenvalue weighted by molar-refractivity contribution is 0.00578. The lowest BCUT2D eigenvalue weighted by Gasteiger charge is -2.32. The van der Waals surface area contributed by atoms with E-state index in [1.807, 2.05) is 0 Å². The van der Waals surface area contributed by atoms with Gasteiger partial charge in [0, 0.05) is 0 Å². The van der Waals surface area contributed by atoms with Crippen molar-refractivity contribution in [2.45, 2.75) is 66.1 Å². The van der Waals surface area contributed by atoms with Gasteiger partial charge in [0.25, 0.3) is 0 Å². The molecule has 0 spiro atoms. The van der Waals surface area contributed by atoms with Gasteiger partial charge in [0.1, 0.15) is 0 Å². The lowest BCUT2D eigenvalue weighted by atomic mass is 9.75. The second kappa shape index (κ2) is 5.20. The fourth-order valence-corrected chi connectivity index (χ4v) is 2.57. The molecule has 0 bridgehead atoms. The molecule has 110 valence electrons. The van der Waals surface area contributed by atoms with Gasteiger partial charge in [0.05, 0.1) is 11.2 Å². The average molecular weight is 274 g/mol. The molecule has 1 aliphatic heterocycles. The summed E-state index contributed by atoms with van der Waals surface area (Å²) in [5, 5.41) is 0. The van der Waals surface area contributed by atoms with Crippen LogP contribution in [0.1, 0.15) is 52.7 Å². The molecule has 0 N–H and O–H groups in total. The molecule has 0 aliphatic carbocycles. The van der Waals surface area contributed by atoms with Crippen molar-refractivity contribution in [1.29, 1.82) is 0 Å². The van der Waals surface area contributed by atoms with Gasteiger partial charge in [-0.3, -0.25) is 0 Å². The summed E-state index contributed by atoms with van der Waals surface area (Å²) in [7, 11) is -0.256. The van der Waals surface area contributed by atoms with E-state index in [9.17, 15) is 0 Å². The quantitative estimate of drug-likeness (QED) is 0.785. The van der Waals surface area contributed by atoms with E-state index in [4.69, 9.17) is 9.31 Å². The Labute approximate surface area is 124 Å². The Balaban J connectivity index is 2.23. The van der Waals surface area contributed by atoms with Crippen LogP contribution in [-0.2, 0) is 15.7 Å². The molecule has 0 radical (unpaired) electrons. The summed E-state index contributed by atoms with van der Waals surface area (Å²) in [5.41, 5.74) is 3.23. The molecule has 1 fully saturated rings. The third-order valence-corrected chi connectivity index (χ3v) is 4.49. The molecule has 0 unspecified atom stereocenters. The van der Waals surface area contributed by atoms with Crippen LogP contribution in [0, 0.1) is 12.8 Å². The molecule has 20 heavy (non-hydrogen) atoms. The van der Waals surface area contributed by atoms with E-state index in [0.717, 1.165) is 11.9 Å². The number of hydrogen-bond acceptors (Lipinski definition) is 2. The minimum absolute atomic E-state index is 0.256. The van der Waals surface area contributed by atoms with E-state index in [1.165, 1.54) is 11.1 Å². The maximum atomic E-state index is 6.13. The molecule has 2 nitrogen and oxygen atoms in total. The number of aryl methyl sites for hydroxylation is 1. The molecule has 1 heterocycles. The first-order valence-corrected chi connectivity index (χ1v) is 7.57. The maximum Gasteiger partial charge on any atom is 0.495 e. The Morgan fingerprint density at radius 2 is 1.60 bits per heavy atom. The van der Waals surface area contributed by atoms with Crippen LogP contribution >= 0.6 is 0 Å². The standard InChI is InChI=1S/C17H27BO2/c1-12(2)10-14-8-9-15(13(3)11-14)18-19-16(4,5)17(6,7)20-18/h8-9,11-12H,10H2,1-7H3. The van der Waals surface area contributed by atoms with Crippen molar-refractivity contribution in [3.63, 3.8) is 0 Å². The molecule has 0 aromatic heterocycles. The third-order valence-electron chi connectivity index (χ3n) is 4.49. The summed E-state index contributed by atoms with van der Waals surface area (Å²) < 4.78 is 12.3. The summed E-state index contributed by atoms with van der Waals surface area (Å²) in [6.07, 6.45) is 1.12. The normalized spacial score (nSPS) is 20.7. The van der Waals surface area contributed by atoms with Crippen LogP contribution in [0.5, 0.6) is 0 Å². The zero-order valence-corrected chi connectivity index (χ0v) is 13.9. The highest BCUT2D eigenvalue weighted by Gasteiger charge is 2.51. The molecule has 1 aromatic rings. The average Bonchev–Trinajstić information content (AvgIpc) is 2.46. The number of benzene rings is 1. The molecular weight excluding hydrogens is 247 g/mol. The summed E-state index contributed by atoms with van der Waals surface area (Å²) in [4.78, 5) is 0. The van der Waals surface area contributed by atoms with Gasteiger partial charge >= 0.3 is 7.12 Å². The van der Waals surface area contributed by atoms with Crippen LogP contribution in [0.25, 0.3) is 0 Å². The molecule has 0 saturated carbocycles. The summed E-state index contributed by atoms with van der Waals surface area (Å²) in [6.45, 7) is 15.0. The molecule has 1 aliphatic rings. The van der Waals surface area contributed by atoms with Gasteiger partial charge in [0.15, 0.2) is 0 Å². The second-order valence-electron chi connectivity index (χ2n) is 7.38. The van der Waals surface area contributed by atoms with Crippen LogP contribution in [0.3, 0.4) is 0 Å². The van der Waals surface area contributed by atoms with Crippen molar-refractivity contribution in [2.75, 3.05) is 0 Å². The molecule has 0 atom stereocenters. The van der Waals surface area contributed by atoms with Gasteiger partial charge in [-0.05, 0) is 58.0 Å². The molecule has 0 amide bonds. The minimum Gasteiger partial charge on any atom is -0.399 e. The molecule has 3 heteroatoms. The first-order valence-electron chi connectivity index (χ1n) is 7.57. The Morgan fingerprint density at radius 3 is 2.05 bits per heavy atom. The van der Waals surface area contributed by atoms with E-state index >= 15 is 0 Å². The lowest BCUT2D eigenvalue weighted by Crippen LogP contribution is -2.41.